The van der Waals surface area contributed by atoms with Gasteiger partial charge >= 0.3 is 0 Å². The largest absolute Gasteiger partial charge is 0.397 e. The minimum atomic E-state index is -0.736. The fourth-order valence-electron chi connectivity index (χ4n) is 0.733. The molecule has 0 unspecified atom stereocenters. The molecule has 1 rings (SSSR count). The van der Waals surface area contributed by atoms with Gasteiger partial charge in [-0.3, -0.25) is 0 Å². The van der Waals surface area contributed by atoms with Crippen molar-refractivity contribution in [2.75, 3.05) is 24.7 Å². The fraction of sp³-hybridized carbons (Fsp3) is 0.286. The highest BCUT2D eigenvalue weighted by molar-refractivity contribution is 6.33. The molecular formula is C7H9ClFN3. The van der Waals surface area contributed by atoms with Gasteiger partial charge in [0.1, 0.15) is 10.8 Å². The number of halogens is 2. The lowest BCUT2D eigenvalue weighted by atomic mass is 10.4. The fourth-order valence-corrected chi connectivity index (χ4v) is 0.829. The van der Waals surface area contributed by atoms with E-state index in [1.807, 2.05) is 0 Å². The van der Waals surface area contributed by atoms with Crippen LogP contribution in [0.2, 0.25) is 5.02 Å². The molecule has 0 bridgehead atoms. The standard InChI is InChI=1S/C7H9ClFN3/c1-12(2)5-3-4(10)6(8)7(9)11-5/h3H,1-2H3,(H2,10,11). The molecule has 0 aliphatic heterocycles. The van der Waals surface area contributed by atoms with E-state index in [-0.39, 0.29) is 10.7 Å². The van der Waals surface area contributed by atoms with Crippen LogP contribution in [0.25, 0.3) is 0 Å². The predicted octanol–water partition coefficient (Wildman–Crippen LogP) is 1.52. The summed E-state index contributed by atoms with van der Waals surface area (Å²) >= 11 is 5.47. The van der Waals surface area contributed by atoms with Crippen molar-refractivity contribution in [1.82, 2.24) is 4.98 Å². The Bertz CT molecular complexity index is 278. The monoisotopic (exact) mass is 189 g/mol. The number of anilines is 2. The molecule has 0 saturated heterocycles. The van der Waals surface area contributed by atoms with Crippen LogP contribution in [0.15, 0.2) is 6.07 Å². The summed E-state index contributed by atoms with van der Waals surface area (Å²) in [6.07, 6.45) is 0. The van der Waals surface area contributed by atoms with Crippen molar-refractivity contribution in [1.29, 1.82) is 0 Å². The molecule has 3 nitrogen and oxygen atoms in total. The number of pyridine rings is 1. The second-order valence-corrected chi connectivity index (χ2v) is 2.95. The van der Waals surface area contributed by atoms with E-state index < -0.39 is 5.95 Å². The zero-order chi connectivity index (χ0) is 9.30. The van der Waals surface area contributed by atoms with E-state index >= 15 is 0 Å². The van der Waals surface area contributed by atoms with Gasteiger partial charge < -0.3 is 10.6 Å². The first-order valence-electron chi connectivity index (χ1n) is 3.31. The number of nitrogen functional groups attached to an aromatic ring is 1. The van der Waals surface area contributed by atoms with Crippen molar-refractivity contribution in [2.45, 2.75) is 0 Å². The van der Waals surface area contributed by atoms with Crippen LogP contribution < -0.4 is 10.6 Å². The van der Waals surface area contributed by atoms with Crippen molar-refractivity contribution in [3.05, 3.63) is 17.0 Å². The maximum absolute atomic E-state index is 12.9. The van der Waals surface area contributed by atoms with Crippen LogP contribution in [0, 0.1) is 5.95 Å². The summed E-state index contributed by atoms with van der Waals surface area (Å²) in [6, 6.07) is 1.52. The average Bonchev–Trinajstić information content (AvgIpc) is 1.99. The molecule has 5 heteroatoms. The zero-order valence-electron chi connectivity index (χ0n) is 6.81. The Morgan fingerprint density at radius 3 is 2.58 bits per heavy atom. The minimum Gasteiger partial charge on any atom is -0.397 e. The molecule has 0 aromatic carbocycles. The van der Waals surface area contributed by atoms with Gasteiger partial charge in [0.05, 0.1) is 5.69 Å². The number of nitrogens with two attached hydrogens (primary N) is 1. The van der Waals surface area contributed by atoms with Gasteiger partial charge in [0.15, 0.2) is 0 Å². The van der Waals surface area contributed by atoms with E-state index in [1.54, 1.807) is 19.0 Å². The van der Waals surface area contributed by atoms with E-state index in [2.05, 4.69) is 4.98 Å². The van der Waals surface area contributed by atoms with Gasteiger partial charge in [-0.1, -0.05) is 11.6 Å². The van der Waals surface area contributed by atoms with Crippen LogP contribution in [-0.2, 0) is 0 Å². The van der Waals surface area contributed by atoms with Crippen LogP contribution >= 0.6 is 11.6 Å². The minimum absolute atomic E-state index is 0.124. The van der Waals surface area contributed by atoms with E-state index in [4.69, 9.17) is 17.3 Å². The van der Waals surface area contributed by atoms with Gasteiger partial charge in [-0.25, -0.2) is 4.98 Å². The molecule has 2 N–H and O–H groups in total. The van der Waals surface area contributed by atoms with Crippen molar-refractivity contribution in [2.24, 2.45) is 0 Å². The SMILES string of the molecule is CN(C)c1cc(N)c(Cl)c(F)n1. The molecular weight excluding hydrogens is 181 g/mol. The van der Waals surface area contributed by atoms with Gasteiger partial charge in [0, 0.05) is 20.2 Å². The molecule has 0 saturated carbocycles. The van der Waals surface area contributed by atoms with Gasteiger partial charge in [-0.2, -0.15) is 4.39 Å². The van der Waals surface area contributed by atoms with Gasteiger partial charge in [0.2, 0.25) is 5.95 Å². The third kappa shape index (κ3) is 1.58. The van der Waals surface area contributed by atoms with Gasteiger partial charge in [-0.05, 0) is 0 Å². The van der Waals surface area contributed by atoms with Gasteiger partial charge in [0.25, 0.3) is 0 Å². The van der Waals surface area contributed by atoms with Crippen LogP contribution in [0.4, 0.5) is 15.9 Å². The number of nitrogens with zero attached hydrogens (tertiary/aromatic N) is 2. The molecule has 12 heavy (non-hydrogen) atoms. The third-order valence-electron chi connectivity index (χ3n) is 1.39. The highest BCUT2D eigenvalue weighted by atomic mass is 35.5. The summed E-state index contributed by atoms with van der Waals surface area (Å²) in [7, 11) is 3.49. The number of hydrogen-bond donors (Lipinski definition) is 1. The smallest absolute Gasteiger partial charge is 0.235 e. The lowest BCUT2D eigenvalue weighted by Crippen LogP contribution is -2.12. The molecule has 0 aliphatic rings. The Labute approximate surface area is 74.9 Å². The zero-order valence-corrected chi connectivity index (χ0v) is 7.56. The predicted molar refractivity (Wildman–Crippen MR) is 47.9 cm³/mol. The lowest BCUT2D eigenvalue weighted by molar-refractivity contribution is 0.585. The third-order valence-corrected chi connectivity index (χ3v) is 1.76. The van der Waals surface area contributed by atoms with Crippen LogP contribution in [-0.4, -0.2) is 19.1 Å². The van der Waals surface area contributed by atoms with Crippen molar-refractivity contribution in [3.8, 4) is 0 Å². The topological polar surface area (TPSA) is 42.1 Å². The van der Waals surface area contributed by atoms with Crippen molar-refractivity contribution >= 4 is 23.1 Å². The van der Waals surface area contributed by atoms with Crippen LogP contribution in [0.3, 0.4) is 0 Å². The highest BCUT2D eigenvalue weighted by Crippen LogP contribution is 2.24. The Hall–Kier alpha value is -1.03. The van der Waals surface area contributed by atoms with Crippen molar-refractivity contribution in [3.63, 3.8) is 0 Å². The lowest BCUT2D eigenvalue weighted by Gasteiger charge is -2.12. The second-order valence-electron chi connectivity index (χ2n) is 2.57. The first-order chi connectivity index (χ1) is 5.52. The second kappa shape index (κ2) is 3.15. The Balaban J connectivity index is 3.21. The Morgan fingerprint density at radius 1 is 1.58 bits per heavy atom. The van der Waals surface area contributed by atoms with Crippen LogP contribution in [0.1, 0.15) is 0 Å². The Kier molecular flexibility index (Phi) is 2.38. The molecule has 0 radical (unpaired) electrons. The van der Waals surface area contributed by atoms with Gasteiger partial charge in [-0.15, -0.1) is 0 Å². The summed E-state index contributed by atoms with van der Waals surface area (Å²) in [4.78, 5) is 5.23. The Morgan fingerprint density at radius 2 is 2.17 bits per heavy atom. The normalized spacial score (nSPS) is 10.0. The van der Waals surface area contributed by atoms with E-state index in [1.165, 1.54) is 6.07 Å². The van der Waals surface area contributed by atoms with Crippen LogP contribution in [0.5, 0.6) is 0 Å². The van der Waals surface area contributed by atoms with E-state index in [9.17, 15) is 4.39 Å². The first kappa shape index (κ1) is 9.06. The molecule has 0 fully saturated rings. The maximum atomic E-state index is 12.9. The quantitative estimate of drug-likeness (QED) is 0.682. The van der Waals surface area contributed by atoms with Crippen molar-refractivity contribution < 1.29 is 4.39 Å². The molecule has 1 heterocycles. The molecule has 1 aromatic rings. The molecule has 66 valence electrons. The van der Waals surface area contributed by atoms with E-state index in [0.29, 0.717) is 5.82 Å². The molecule has 0 atom stereocenters. The molecule has 0 amide bonds. The molecule has 0 aliphatic carbocycles. The summed E-state index contributed by atoms with van der Waals surface area (Å²) in [5.41, 5.74) is 5.62. The summed E-state index contributed by atoms with van der Waals surface area (Å²) < 4.78 is 12.9. The average molecular weight is 190 g/mol. The summed E-state index contributed by atoms with van der Waals surface area (Å²) in [6.45, 7) is 0. The number of aromatic nitrogens is 1. The summed E-state index contributed by atoms with van der Waals surface area (Å²) in [5, 5.41) is -0.124. The molecule has 0 spiro atoms. The summed E-state index contributed by atoms with van der Waals surface area (Å²) in [5.74, 6) is -0.283. The maximum Gasteiger partial charge on any atom is 0.235 e. The van der Waals surface area contributed by atoms with E-state index in [0.717, 1.165) is 0 Å². The number of hydrogen-bond acceptors (Lipinski definition) is 3. The number of rotatable bonds is 1. The molecule has 1 aromatic heterocycles. The highest BCUT2D eigenvalue weighted by Gasteiger charge is 2.08. The first-order valence-corrected chi connectivity index (χ1v) is 3.69.